The average Bonchev–Trinajstić information content (AvgIpc) is 2.82. The van der Waals surface area contributed by atoms with Crippen molar-refractivity contribution in [2.45, 2.75) is 39.8 Å². The number of hydrogen-bond acceptors (Lipinski definition) is 1. The fourth-order valence-corrected chi connectivity index (χ4v) is 3.55. The van der Waals surface area contributed by atoms with Crippen molar-refractivity contribution in [3.05, 3.63) is 59.4 Å². The Labute approximate surface area is 128 Å². The Morgan fingerprint density at radius 3 is 2.67 bits per heavy atom. The van der Waals surface area contributed by atoms with Crippen LogP contribution in [-0.2, 0) is 6.54 Å². The van der Waals surface area contributed by atoms with Crippen LogP contribution < -0.4 is 0 Å². The minimum Gasteiger partial charge on any atom is -0.350 e. The highest BCUT2D eigenvalue weighted by molar-refractivity contribution is 5.35. The summed E-state index contributed by atoms with van der Waals surface area (Å²) >= 11 is 0. The summed E-state index contributed by atoms with van der Waals surface area (Å²) in [4.78, 5) is 2.67. The Bertz CT molecular complexity index is 597. The predicted molar refractivity (Wildman–Crippen MR) is 88.5 cm³/mol. The van der Waals surface area contributed by atoms with Crippen molar-refractivity contribution in [3.8, 4) is 0 Å². The maximum absolute atomic E-state index is 2.67. The van der Waals surface area contributed by atoms with Gasteiger partial charge in [0.2, 0.25) is 0 Å². The van der Waals surface area contributed by atoms with Gasteiger partial charge in [-0.25, -0.2) is 0 Å². The van der Waals surface area contributed by atoms with Crippen molar-refractivity contribution in [2.24, 2.45) is 5.92 Å². The van der Waals surface area contributed by atoms with Crippen LogP contribution in [0.15, 0.2) is 42.6 Å². The van der Waals surface area contributed by atoms with Crippen LogP contribution in [0.1, 0.15) is 43.1 Å². The molecule has 0 radical (unpaired) electrons. The number of rotatable bonds is 3. The Morgan fingerprint density at radius 1 is 1.10 bits per heavy atom. The minimum atomic E-state index is 0.395. The van der Waals surface area contributed by atoms with E-state index in [1.54, 1.807) is 0 Å². The molecule has 1 aromatic carbocycles. The molecule has 2 heteroatoms. The van der Waals surface area contributed by atoms with Crippen LogP contribution in [0, 0.1) is 12.8 Å². The smallest absolute Gasteiger partial charge is 0.0758 e. The van der Waals surface area contributed by atoms with E-state index in [0.29, 0.717) is 12.0 Å². The lowest BCUT2D eigenvalue weighted by molar-refractivity contribution is 0.204. The second-order valence-corrected chi connectivity index (χ2v) is 6.63. The highest BCUT2D eigenvalue weighted by Gasteiger charge is 2.28. The zero-order chi connectivity index (χ0) is 14.8. The molecule has 1 unspecified atom stereocenters. The summed E-state index contributed by atoms with van der Waals surface area (Å²) < 4.78 is 2.44. The van der Waals surface area contributed by atoms with E-state index < -0.39 is 0 Å². The minimum absolute atomic E-state index is 0.395. The number of nitrogens with zero attached hydrogens (tertiary/aromatic N) is 2. The van der Waals surface area contributed by atoms with E-state index in [1.165, 1.54) is 29.8 Å². The molecular weight excluding hydrogens is 256 g/mol. The Morgan fingerprint density at radius 2 is 1.90 bits per heavy atom. The normalized spacial score (nSPS) is 19.5. The highest BCUT2D eigenvalue weighted by Crippen LogP contribution is 2.33. The molecule has 1 aliphatic heterocycles. The summed E-state index contributed by atoms with van der Waals surface area (Å²) in [6.07, 6.45) is 3.47. The summed E-state index contributed by atoms with van der Waals surface area (Å²) in [5.41, 5.74) is 4.30. The third-order valence-electron chi connectivity index (χ3n) is 4.44. The molecule has 0 amide bonds. The van der Waals surface area contributed by atoms with Crippen LogP contribution in [0.3, 0.4) is 0 Å². The van der Waals surface area contributed by atoms with Crippen LogP contribution in [0.2, 0.25) is 0 Å². The molecule has 21 heavy (non-hydrogen) atoms. The van der Waals surface area contributed by atoms with Crippen molar-refractivity contribution in [3.63, 3.8) is 0 Å². The Hall–Kier alpha value is -1.54. The van der Waals surface area contributed by atoms with Gasteiger partial charge in [0.15, 0.2) is 0 Å². The third kappa shape index (κ3) is 2.91. The lowest BCUT2D eigenvalue weighted by Gasteiger charge is -2.32. The number of fused-ring (bicyclic) bond motifs is 1. The van der Waals surface area contributed by atoms with E-state index in [4.69, 9.17) is 0 Å². The second-order valence-electron chi connectivity index (χ2n) is 6.63. The van der Waals surface area contributed by atoms with Crippen LogP contribution in [0.25, 0.3) is 0 Å². The van der Waals surface area contributed by atoms with Crippen LogP contribution in [-0.4, -0.2) is 22.6 Å². The molecule has 2 aromatic rings. The first-order valence-corrected chi connectivity index (χ1v) is 8.11. The third-order valence-corrected chi connectivity index (χ3v) is 4.44. The summed E-state index contributed by atoms with van der Waals surface area (Å²) in [5.74, 6) is 0.693. The molecule has 3 rings (SSSR count). The molecule has 0 N–H and O–H groups in total. The van der Waals surface area contributed by atoms with Gasteiger partial charge >= 0.3 is 0 Å². The first-order chi connectivity index (χ1) is 10.2. The molecule has 0 saturated carbocycles. The van der Waals surface area contributed by atoms with Gasteiger partial charge in [-0.3, -0.25) is 4.90 Å². The maximum Gasteiger partial charge on any atom is 0.0758 e. The fraction of sp³-hybridized carbons (Fsp3) is 0.474. The number of aromatic nitrogens is 1. The van der Waals surface area contributed by atoms with Gasteiger partial charge in [0, 0.05) is 31.5 Å². The molecule has 0 spiro atoms. The summed E-state index contributed by atoms with van der Waals surface area (Å²) in [5, 5.41) is 0. The molecule has 1 aliphatic rings. The van der Waals surface area contributed by atoms with Crippen molar-refractivity contribution in [1.29, 1.82) is 0 Å². The molecule has 1 atom stereocenters. The van der Waals surface area contributed by atoms with Gasteiger partial charge in [0.05, 0.1) is 6.04 Å². The van der Waals surface area contributed by atoms with Crippen molar-refractivity contribution < 1.29 is 0 Å². The quantitative estimate of drug-likeness (QED) is 0.817. The second kappa shape index (κ2) is 6.07. The lowest BCUT2D eigenvalue weighted by Crippen LogP contribution is -2.33. The molecule has 112 valence electrons. The molecule has 0 bridgehead atoms. The molecule has 0 saturated heterocycles. The Kier molecular flexibility index (Phi) is 4.16. The van der Waals surface area contributed by atoms with Gasteiger partial charge in [0.25, 0.3) is 0 Å². The largest absolute Gasteiger partial charge is 0.350 e. The summed E-state index contributed by atoms with van der Waals surface area (Å²) in [7, 11) is 0. The fourth-order valence-electron chi connectivity index (χ4n) is 3.55. The molecule has 2 heterocycles. The van der Waals surface area contributed by atoms with Crippen LogP contribution in [0.5, 0.6) is 0 Å². The topological polar surface area (TPSA) is 8.17 Å². The molecule has 1 aromatic heterocycles. The standard InChI is InChI=1S/C19H26N2/c1-15(2)14-21-13-7-12-20-11-6-10-18(20)19(21)17-9-5-4-8-16(17)3/h4-6,8-11,15,19H,7,12-14H2,1-3H3. The molecule has 0 fully saturated rings. The summed E-state index contributed by atoms with van der Waals surface area (Å²) in [6.45, 7) is 10.3. The number of benzene rings is 1. The lowest BCUT2D eigenvalue weighted by atomic mass is 9.96. The first-order valence-electron chi connectivity index (χ1n) is 8.11. The van der Waals surface area contributed by atoms with Crippen molar-refractivity contribution >= 4 is 0 Å². The van der Waals surface area contributed by atoms with Crippen molar-refractivity contribution in [2.75, 3.05) is 13.1 Å². The van der Waals surface area contributed by atoms with Gasteiger partial charge in [-0.1, -0.05) is 38.1 Å². The highest BCUT2D eigenvalue weighted by atomic mass is 15.2. The monoisotopic (exact) mass is 282 g/mol. The zero-order valence-corrected chi connectivity index (χ0v) is 13.4. The van der Waals surface area contributed by atoms with Crippen LogP contribution >= 0.6 is 0 Å². The van der Waals surface area contributed by atoms with Gasteiger partial charge in [-0.15, -0.1) is 0 Å². The molecule has 2 nitrogen and oxygen atoms in total. The van der Waals surface area contributed by atoms with E-state index in [0.717, 1.165) is 13.1 Å². The molecule has 0 aliphatic carbocycles. The van der Waals surface area contributed by atoms with Crippen LogP contribution in [0.4, 0.5) is 0 Å². The van der Waals surface area contributed by atoms with E-state index in [2.05, 4.69) is 72.8 Å². The molecular formula is C19H26N2. The SMILES string of the molecule is Cc1ccccc1C1c2cccn2CCCN1CC(C)C. The van der Waals surface area contributed by atoms with Gasteiger partial charge in [0.1, 0.15) is 0 Å². The first kappa shape index (κ1) is 14.4. The number of hydrogen-bond donors (Lipinski definition) is 0. The van der Waals surface area contributed by atoms with Gasteiger partial charge in [-0.2, -0.15) is 0 Å². The van der Waals surface area contributed by atoms with Gasteiger partial charge < -0.3 is 4.57 Å². The van der Waals surface area contributed by atoms with E-state index in [-0.39, 0.29) is 0 Å². The van der Waals surface area contributed by atoms with Crippen molar-refractivity contribution in [1.82, 2.24) is 9.47 Å². The average molecular weight is 282 g/mol. The maximum atomic E-state index is 2.67. The Balaban J connectivity index is 2.07. The van der Waals surface area contributed by atoms with E-state index in [1.807, 2.05) is 0 Å². The van der Waals surface area contributed by atoms with E-state index >= 15 is 0 Å². The van der Waals surface area contributed by atoms with E-state index in [9.17, 15) is 0 Å². The van der Waals surface area contributed by atoms with Gasteiger partial charge in [-0.05, 0) is 42.5 Å². The predicted octanol–water partition coefficient (Wildman–Crippen LogP) is 4.25. The number of aryl methyl sites for hydroxylation is 2. The summed E-state index contributed by atoms with van der Waals surface area (Å²) in [6, 6.07) is 13.7. The zero-order valence-electron chi connectivity index (χ0n) is 13.4.